The van der Waals surface area contributed by atoms with Crippen LogP contribution in [0.2, 0.25) is 0 Å². The quantitative estimate of drug-likeness (QED) is 0.564. The van der Waals surface area contributed by atoms with E-state index in [-0.39, 0.29) is 18.8 Å². The lowest BCUT2D eigenvalue weighted by atomic mass is 9.91. The van der Waals surface area contributed by atoms with E-state index in [0.29, 0.717) is 5.56 Å². The molecule has 1 fully saturated rings. The van der Waals surface area contributed by atoms with Crippen molar-refractivity contribution in [3.05, 3.63) is 47.5 Å². The number of halogens is 3. The van der Waals surface area contributed by atoms with Gasteiger partial charge in [0.1, 0.15) is 0 Å². The molecule has 1 aliphatic heterocycles. The van der Waals surface area contributed by atoms with E-state index < -0.39 is 48.3 Å². The molecule has 1 N–H and O–H groups in total. The lowest BCUT2D eigenvalue weighted by Gasteiger charge is -2.41. The number of ether oxygens (including phenoxy) is 3. The molecule has 1 heterocycles. The first-order chi connectivity index (χ1) is 12.5. The van der Waals surface area contributed by atoms with E-state index >= 15 is 0 Å². The van der Waals surface area contributed by atoms with Crippen LogP contribution in [0.4, 0.5) is 13.2 Å². The maximum Gasteiger partial charge on any atom is 0.416 e. The van der Waals surface area contributed by atoms with Crippen LogP contribution in [0.25, 0.3) is 0 Å². The first-order valence-corrected chi connectivity index (χ1v) is 7.57. The summed E-state index contributed by atoms with van der Waals surface area (Å²) in [5.41, 5.74) is -2.10. The number of rotatable bonds is 7. The number of carboxylic acids is 1. The highest BCUT2D eigenvalue weighted by Gasteiger charge is 2.45. The fourth-order valence-electron chi connectivity index (χ4n) is 2.26. The predicted octanol–water partition coefficient (Wildman–Crippen LogP) is 2.05. The lowest BCUT2D eigenvalue weighted by molar-refractivity contribution is -0.218. The Morgan fingerprint density at radius 2 is 1.78 bits per heavy atom. The Hall–Kier alpha value is -2.88. The highest BCUT2D eigenvalue weighted by Crippen LogP contribution is 2.36. The van der Waals surface area contributed by atoms with E-state index in [1.54, 1.807) is 0 Å². The molecule has 0 radical (unpaired) electrons. The average molecular weight is 388 g/mol. The maximum absolute atomic E-state index is 12.7. The molecule has 1 saturated heterocycles. The zero-order valence-electron chi connectivity index (χ0n) is 13.9. The van der Waals surface area contributed by atoms with Crippen LogP contribution in [-0.4, -0.2) is 42.8 Å². The predicted molar refractivity (Wildman–Crippen MR) is 82.4 cm³/mol. The zero-order chi connectivity index (χ0) is 20.2. The monoisotopic (exact) mass is 388 g/mol. The first-order valence-electron chi connectivity index (χ1n) is 7.57. The van der Waals surface area contributed by atoms with Gasteiger partial charge in [0.2, 0.25) is 0 Å². The van der Waals surface area contributed by atoms with Crippen molar-refractivity contribution < 1.29 is 46.9 Å². The molecule has 0 spiro atoms. The van der Waals surface area contributed by atoms with Crippen molar-refractivity contribution in [1.82, 2.24) is 0 Å². The first kappa shape index (κ1) is 20.4. The van der Waals surface area contributed by atoms with Gasteiger partial charge in [-0.25, -0.2) is 9.59 Å². The number of aliphatic carboxylic acids is 1. The number of hydrogen-bond donors (Lipinski definition) is 1. The van der Waals surface area contributed by atoms with E-state index in [4.69, 9.17) is 14.6 Å². The van der Waals surface area contributed by atoms with Crippen molar-refractivity contribution in [3.8, 4) is 0 Å². The van der Waals surface area contributed by atoms with Crippen LogP contribution in [0.3, 0.4) is 0 Å². The van der Waals surface area contributed by atoms with Gasteiger partial charge in [-0.2, -0.15) is 13.2 Å². The van der Waals surface area contributed by atoms with Crippen molar-refractivity contribution >= 4 is 17.9 Å². The summed E-state index contributed by atoms with van der Waals surface area (Å²) in [4.78, 5) is 33.9. The second-order valence-electron chi connectivity index (χ2n) is 5.79. The van der Waals surface area contributed by atoms with Crippen LogP contribution in [0, 0.1) is 0 Å². The number of alkyl halides is 3. The second-order valence-corrected chi connectivity index (χ2v) is 5.79. The summed E-state index contributed by atoms with van der Waals surface area (Å²) in [5.74, 6) is -3.31. The average Bonchev–Trinajstić information content (AvgIpc) is 2.55. The topological polar surface area (TPSA) is 99.1 Å². The minimum Gasteiger partial charge on any atom is -0.479 e. The van der Waals surface area contributed by atoms with E-state index in [1.807, 2.05) is 0 Å². The summed E-state index contributed by atoms with van der Waals surface area (Å²) in [6.07, 6.45) is -5.06. The van der Waals surface area contributed by atoms with E-state index in [2.05, 4.69) is 11.3 Å². The third kappa shape index (κ3) is 5.07. The third-order valence-electron chi connectivity index (χ3n) is 3.69. The van der Waals surface area contributed by atoms with Gasteiger partial charge < -0.3 is 19.3 Å². The smallest absolute Gasteiger partial charge is 0.416 e. The van der Waals surface area contributed by atoms with E-state index in [0.717, 1.165) is 12.1 Å². The second kappa shape index (κ2) is 7.78. The SMILES string of the molecule is C=C(CC(=O)OC1(c2ccc(C(F)(F)F)cc2)COC1)C(=O)OCC(=O)O. The fourth-order valence-corrected chi connectivity index (χ4v) is 2.26. The molecule has 1 aromatic carbocycles. The zero-order valence-corrected chi connectivity index (χ0v) is 13.9. The highest BCUT2D eigenvalue weighted by molar-refractivity contribution is 5.94. The summed E-state index contributed by atoms with van der Waals surface area (Å²) in [5, 5.41) is 8.43. The van der Waals surface area contributed by atoms with Crippen molar-refractivity contribution in [2.24, 2.45) is 0 Å². The minimum atomic E-state index is -4.49. The molecule has 1 aromatic rings. The van der Waals surface area contributed by atoms with Crippen molar-refractivity contribution in [2.75, 3.05) is 19.8 Å². The van der Waals surface area contributed by atoms with Crippen LogP contribution in [0.15, 0.2) is 36.4 Å². The van der Waals surface area contributed by atoms with Crippen molar-refractivity contribution in [1.29, 1.82) is 0 Å². The molecule has 146 valence electrons. The van der Waals surface area contributed by atoms with Gasteiger partial charge in [0.15, 0.2) is 12.2 Å². The van der Waals surface area contributed by atoms with Gasteiger partial charge in [0.05, 0.1) is 25.2 Å². The van der Waals surface area contributed by atoms with Gasteiger partial charge in [-0.15, -0.1) is 0 Å². The van der Waals surface area contributed by atoms with Gasteiger partial charge in [0.25, 0.3) is 0 Å². The molecule has 0 amide bonds. The molecular formula is C17H15F3O7. The molecule has 0 aliphatic carbocycles. The molecule has 0 atom stereocenters. The number of benzene rings is 1. The van der Waals surface area contributed by atoms with Crippen molar-refractivity contribution in [2.45, 2.75) is 18.2 Å². The molecular weight excluding hydrogens is 373 g/mol. The number of hydrogen-bond acceptors (Lipinski definition) is 6. The van der Waals surface area contributed by atoms with Crippen LogP contribution >= 0.6 is 0 Å². The van der Waals surface area contributed by atoms with E-state index in [1.165, 1.54) is 12.1 Å². The van der Waals surface area contributed by atoms with Crippen LogP contribution in [-0.2, 0) is 40.4 Å². The summed E-state index contributed by atoms with van der Waals surface area (Å²) in [6, 6.07) is 4.11. The molecule has 7 nitrogen and oxygen atoms in total. The van der Waals surface area contributed by atoms with Gasteiger partial charge >= 0.3 is 24.1 Å². The Bertz CT molecular complexity index is 749. The highest BCUT2D eigenvalue weighted by atomic mass is 19.4. The van der Waals surface area contributed by atoms with Gasteiger partial charge in [0, 0.05) is 11.1 Å². The Kier molecular flexibility index (Phi) is 5.89. The molecule has 10 heteroatoms. The van der Waals surface area contributed by atoms with Gasteiger partial charge in [-0.05, 0) is 12.1 Å². The number of esters is 2. The Morgan fingerprint density at radius 3 is 2.22 bits per heavy atom. The van der Waals surface area contributed by atoms with Gasteiger partial charge in [-0.1, -0.05) is 18.7 Å². The van der Waals surface area contributed by atoms with Crippen LogP contribution in [0.5, 0.6) is 0 Å². The summed E-state index contributed by atoms with van der Waals surface area (Å²) in [7, 11) is 0. The normalized spacial score (nSPS) is 15.4. The molecule has 0 bridgehead atoms. The molecule has 0 aromatic heterocycles. The third-order valence-corrected chi connectivity index (χ3v) is 3.69. The van der Waals surface area contributed by atoms with Crippen LogP contribution in [0.1, 0.15) is 17.5 Å². The summed E-state index contributed by atoms with van der Waals surface area (Å²) in [6.45, 7) is 2.34. The van der Waals surface area contributed by atoms with Crippen molar-refractivity contribution in [3.63, 3.8) is 0 Å². The van der Waals surface area contributed by atoms with Gasteiger partial charge in [-0.3, -0.25) is 4.79 Å². The molecule has 0 unspecified atom stereocenters. The standard InChI is InChI=1S/C17H15F3O7/c1-10(15(24)26-7-13(21)22)6-14(23)27-16(8-25-9-16)11-2-4-12(5-3-11)17(18,19)20/h2-5H,1,6-9H2,(H,21,22). The Morgan fingerprint density at radius 1 is 1.19 bits per heavy atom. The fraction of sp³-hybridized carbons (Fsp3) is 0.353. The Balaban J connectivity index is 2.01. The minimum absolute atomic E-state index is 0.0555. The van der Waals surface area contributed by atoms with E-state index in [9.17, 15) is 27.6 Å². The van der Waals surface area contributed by atoms with Crippen LogP contribution < -0.4 is 0 Å². The Labute approximate surface area is 151 Å². The number of carboxylic acid groups (broad SMARTS) is 1. The summed E-state index contributed by atoms with van der Waals surface area (Å²) < 4.78 is 52.7. The molecule has 0 saturated carbocycles. The lowest BCUT2D eigenvalue weighted by Crippen LogP contribution is -2.50. The molecule has 1 aliphatic rings. The maximum atomic E-state index is 12.7. The number of carbonyl (C=O) groups is 3. The molecule has 2 rings (SSSR count). The number of carbonyl (C=O) groups excluding carboxylic acids is 2. The molecule has 27 heavy (non-hydrogen) atoms. The largest absolute Gasteiger partial charge is 0.479 e. The summed E-state index contributed by atoms with van der Waals surface area (Å²) >= 11 is 0.